The lowest BCUT2D eigenvalue weighted by atomic mass is 9.59. The first kappa shape index (κ1) is 44.8. The number of nitrogens with zero attached hydrogens (tertiary/aromatic N) is 4. The number of nitro groups is 1. The molecule has 10 rings (SSSR count). The molecule has 19 heteroatoms. The maximum atomic E-state index is 16.5. The topological polar surface area (TPSA) is 190 Å². The molecule has 1 atom stereocenters. The number of nitrogens with one attached hydrogen (secondary N) is 3. The lowest BCUT2D eigenvalue weighted by Gasteiger charge is -2.56. The number of alkyl halides is 1. The number of fused-ring (bicyclic) bond motifs is 2. The van der Waals surface area contributed by atoms with Crippen molar-refractivity contribution in [2.24, 2.45) is 5.41 Å². The van der Waals surface area contributed by atoms with Crippen LogP contribution in [0.1, 0.15) is 98.7 Å². The Balaban J connectivity index is 0.892. The maximum Gasteiger partial charge on any atom is 0.297 e. The van der Waals surface area contributed by atoms with Crippen LogP contribution in [0.4, 0.5) is 25.8 Å². The number of aromatic amines is 1. The third kappa shape index (κ3) is 8.61. The van der Waals surface area contributed by atoms with E-state index >= 15 is 8.78 Å². The van der Waals surface area contributed by atoms with E-state index in [1.54, 1.807) is 18.3 Å². The molecule has 2 aromatic heterocycles. The number of rotatable bonds is 13. The van der Waals surface area contributed by atoms with Crippen molar-refractivity contribution < 1.29 is 45.9 Å². The zero-order chi connectivity index (χ0) is 46.7. The molecule has 67 heavy (non-hydrogen) atoms. The van der Waals surface area contributed by atoms with Gasteiger partial charge in [-0.2, -0.15) is 0 Å². The van der Waals surface area contributed by atoms with Gasteiger partial charge in [-0.1, -0.05) is 38.1 Å². The van der Waals surface area contributed by atoms with E-state index < -0.39 is 61.0 Å². The molecule has 4 aliphatic heterocycles. The molecule has 5 aromatic rings. The van der Waals surface area contributed by atoms with Crippen molar-refractivity contribution >= 4 is 44.0 Å². The number of likely N-dealkylation sites (tertiary alicyclic amines) is 1. The quantitative estimate of drug-likeness (QED) is 0.0750. The number of pyridine rings is 1. The minimum absolute atomic E-state index is 0.0457. The molecule has 4 fully saturated rings. The van der Waals surface area contributed by atoms with E-state index in [9.17, 15) is 23.3 Å². The van der Waals surface area contributed by atoms with Gasteiger partial charge in [-0.3, -0.25) is 19.8 Å². The monoisotopic (exact) mass is 941 g/mol. The zero-order valence-corrected chi connectivity index (χ0v) is 38.1. The fraction of sp³-hybridized carbons (Fsp3) is 0.458. The first-order chi connectivity index (χ1) is 32.2. The average molecular weight is 942 g/mol. The minimum atomic E-state index is -4.99. The Kier molecular flexibility index (Phi) is 11.7. The van der Waals surface area contributed by atoms with Gasteiger partial charge in [-0.25, -0.2) is 26.9 Å². The van der Waals surface area contributed by atoms with Gasteiger partial charge in [0.1, 0.15) is 33.5 Å². The molecule has 3 saturated heterocycles. The summed E-state index contributed by atoms with van der Waals surface area (Å²) >= 11 is 0. The van der Waals surface area contributed by atoms with Crippen LogP contribution in [-0.2, 0) is 14.8 Å². The highest BCUT2D eigenvalue weighted by molar-refractivity contribution is 7.90. The highest BCUT2D eigenvalue weighted by Crippen LogP contribution is 2.55. The molecule has 6 heterocycles. The van der Waals surface area contributed by atoms with E-state index in [2.05, 4.69) is 58.3 Å². The van der Waals surface area contributed by atoms with E-state index in [0.717, 1.165) is 44.7 Å². The summed E-state index contributed by atoms with van der Waals surface area (Å²) in [6.07, 6.45) is 9.41. The van der Waals surface area contributed by atoms with Gasteiger partial charge >= 0.3 is 0 Å². The Morgan fingerprint density at radius 1 is 1.04 bits per heavy atom. The lowest BCUT2D eigenvalue weighted by molar-refractivity contribution is -0.384. The van der Waals surface area contributed by atoms with Crippen molar-refractivity contribution in [3.8, 4) is 23.0 Å². The van der Waals surface area contributed by atoms with E-state index in [1.807, 2.05) is 9.62 Å². The van der Waals surface area contributed by atoms with Gasteiger partial charge in [-0.15, -0.1) is 0 Å². The molecule has 3 aromatic carbocycles. The van der Waals surface area contributed by atoms with Crippen molar-refractivity contribution in [1.29, 1.82) is 0 Å². The minimum Gasteiger partial charge on any atom is -0.455 e. The van der Waals surface area contributed by atoms with E-state index in [0.29, 0.717) is 48.2 Å². The van der Waals surface area contributed by atoms with Crippen LogP contribution in [0.3, 0.4) is 0 Å². The molecule has 1 unspecified atom stereocenters. The van der Waals surface area contributed by atoms with E-state index in [1.165, 1.54) is 29.8 Å². The smallest absolute Gasteiger partial charge is 0.297 e. The van der Waals surface area contributed by atoms with Gasteiger partial charge in [0.2, 0.25) is 6.79 Å². The first-order valence-electron chi connectivity index (χ1n) is 22.9. The predicted octanol–water partition coefficient (Wildman–Crippen LogP) is 8.89. The number of H-pyrrole nitrogens is 1. The van der Waals surface area contributed by atoms with E-state index in [4.69, 9.17) is 18.9 Å². The lowest BCUT2D eigenvalue weighted by Crippen LogP contribution is -2.55. The van der Waals surface area contributed by atoms with Gasteiger partial charge in [0, 0.05) is 81.5 Å². The molecule has 0 radical (unpaired) electrons. The molecule has 3 N–H and O–H groups in total. The summed E-state index contributed by atoms with van der Waals surface area (Å²) in [4.78, 5) is 36.9. The number of sulfonamides is 1. The number of amides is 1. The van der Waals surface area contributed by atoms with Gasteiger partial charge in [-0.05, 0) is 85.7 Å². The van der Waals surface area contributed by atoms with Crippen LogP contribution in [0.5, 0.6) is 23.0 Å². The number of carbonyl (C=O) groups excluding carboxylic acids is 1. The van der Waals surface area contributed by atoms with Crippen molar-refractivity contribution in [2.45, 2.75) is 93.8 Å². The van der Waals surface area contributed by atoms with Crippen LogP contribution in [0.25, 0.3) is 11.0 Å². The molecular weight excluding hydrogens is 889 g/mol. The number of carbonyl (C=O) groups is 1. The van der Waals surface area contributed by atoms with Crippen LogP contribution in [0, 0.1) is 21.3 Å². The molecule has 354 valence electrons. The summed E-state index contributed by atoms with van der Waals surface area (Å²) in [5.41, 5.74) is 0.529. The molecule has 1 aliphatic carbocycles. The molecule has 16 nitrogen and oxygen atoms in total. The number of hydrogen-bond donors (Lipinski definition) is 3. The average Bonchev–Trinajstić information content (AvgIpc) is 4.10. The molecule has 1 saturated carbocycles. The summed E-state index contributed by atoms with van der Waals surface area (Å²) < 4.78 is 84.6. The molecular formula is C48H53F2N7O9S. The van der Waals surface area contributed by atoms with Gasteiger partial charge in [0.15, 0.2) is 17.2 Å². The Morgan fingerprint density at radius 2 is 1.81 bits per heavy atom. The zero-order valence-electron chi connectivity index (χ0n) is 37.3. The van der Waals surface area contributed by atoms with Crippen LogP contribution in [0.2, 0.25) is 0 Å². The molecule has 1 spiro atoms. The summed E-state index contributed by atoms with van der Waals surface area (Å²) in [6, 6.07) is 16.2. The Hall–Kier alpha value is -6.05. The highest BCUT2D eigenvalue weighted by Gasteiger charge is 2.50. The Labute approximate surface area is 386 Å². The Morgan fingerprint density at radius 3 is 2.57 bits per heavy atom. The third-order valence-electron chi connectivity index (χ3n) is 14.4. The second-order valence-electron chi connectivity index (χ2n) is 18.9. The highest BCUT2D eigenvalue weighted by atomic mass is 32.2. The van der Waals surface area contributed by atoms with Crippen LogP contribution >= 0.6 is 0 Å². The van der Waals surface area contributed by atoms with Crippen molar-refractivity contribution in [2.75, 3.05) is 56.4 Å². The largest absolute Gasteiger partial charge is 0.455 e. The number of piperidine rings is 1. The summed E-state index contributed by atoms with van der Waals surface area (Å²) in [5.74, 6) is -2.29. The van der Waals surface area contributed by atoms with Crippen molar-refractivity contribution in [3.63, 3.8) is 0 Å². The fourth-order valence-electron chi connectivity index (χ4n) is 10.8. The molecule has 1 amide bonds. The number of halogens is 2. The number of aromatic nitrogens is 2. The normalized spacial score (nSPS) is 20.3. The number of benzene rings is 3. The van der Waals surface area contributed by atoms with Crippen LogP contribution in [-0.4, -0.2) is 92.0 Å². The molecule has 0 bridgehead atoms. The first-order valence-corrected chi connectivity index (χ1v) is 24.4. The third-order valence-corrected chi connectivity index (χ3v) is 15.7. The summed E-state index contributed by atoms with van der Waals surface area (Å²) in [5, 5.41) is 15.8. The van der Waals surface area contributed by atoms with Gasteiger partial charge in [0.05, 0.1) is 22.4 Å². The Bertz CT molecular complexity index is 2840. The number of hydrogen-bond acceptors (Lipinski definition) is 13. The summed E-state index contributed by atoms with van der Waals surface area (Å²) in [6.45, 7) is 6.20. The second kappa shape index (κ2) is 17.6. The van der Waals surface area contributed by atoms with Crippen LogP contribution < -0.4 is 29.1 Å². The maximum absolute atomic E-state index is 16.5. The van der Waals surface area contributed by atoms with Gasteiger partial charge in [0.25, 0.3) is 21.6 Å². The molecule has 5 aliphatic rings. The summed E-state index contributed by atoms with van der Waals surface area (Å²) in [7, 11) is -4.99. The number of nitro benzene ring substituents is 1. The fourth-order valence-corrected chi connectivity index (χ4v) is 11.9. The SMILES string of the molecule is CC(C)c1ccccc1C1CCCN1C1CC2(CCN(c3cc(Oc4cnc5[nH]ccc5c4)c(C(=O)NS(=O)(=O)c4cc([N+](=O)[O-])c(NCC5(F)CCOCC5)c5c4OCO5)cc3F)CC2)C1. The van der Waals surface area contributed by atoms with Crippen LogP contribution in [0.15, 0.2) is 71.9 Å². The van der Waals surface area contributed by atoms with Crippen molar-refractivity contribution in [1.82, 2.24) is 19.6 Å². The number of anilines is 2. The van der Waals surface area contributed by atoms with E-state index in [-0.39, 0.29) is 66.6 Å². The predicted molar refractivity (Wildman–Crippen MR) is 245 cm³/mol. The standard InChI is InChI=1S/C48H53F2N7O9S/c1-29(2)33-6-3-4-7-34(33)37-8-5-15-56(37)31-24-47(25-31)10-16-55(17-11-47)38-22-40(66-32-20-30-9-14-51-45(30)52-26-32)35(21-36(38)49)46(58)54-67(61,62)41-23-39(57(59)60)42(44-43(41)64-28-65-44)53-27-48(50)12-18-63-19-13-48/h3-4,6-7,9,14,20-23,26,29,31,37,53H,5,8,10-13,15-19,24-25,27-28H2,1-2H3,(H,51,52)(H,54,58). The second-order valence-corrected chi connectivity index (χ2v) is 20.5. The van der Waals surface area contributed by atoms with Crippen molar-refractivity contribution in [3.05, 3.63) is 99.6 Å². The van der Waals surface area contributed by atoms with Gasteiger partial charge < -0.3 is 34.1 Å². The number of ether oxygens (including phenoxy) is 4.